The zero-order valence-corrected chi connectivity index (χ0v) is 16.1. The Labute approximate surface area is 160 Å². The largest absolute Gasteiger partial charge is 0.368 e. The predicted octanol–water partition coefficient (Wildman–Crippen LogP) is 3.62. The molecule has 142 valence electrons. The molecule has 27 heavy (non-hydrogen) atoms. The number of rotatable bonds is 3. The summed E-state index contributed by atoms with van der Waals surface area (Å²) in [5.41, 5.74) is 4.93. The van der Waals surface area contributed by atoms with E-state index >= 15 is 0 Å². The maximum Gasteiger partial charge on any atom is 0.321 e. The van der Waals surface area contributed by atoms with E-state index in [2.05, 4.69) is 15.5 Å². The molecule has 0 saturated carbocycles. The van der Waals surface area contributed by atoms with Crippen molar-refractivity contribution in [1.82, 2.24) is 4.90 Å². The van der Waals surface area contributed by atoms with Crippen LogP contribution in [0.15, 0.2) is 42.5 Å². The zero-order valence-electron chi connectivity index (χ0n) is 16.1. The van der Waals surface area contributed by atoms with E-state index < -0.39 is 0 Å². The number of aryl methyl sites for hydroxylation is 2. The van der Waals surface area contributed by atoms with Crippen molar-refractivity contribution < 1.29 is 9.59 Å². The van der Waals surface area contributed by atoms with Gasteiger partial charge in [-0.05, 0) is 49.2 Å². The fourth-order valence-corrected chi connectivity index (χ4v) is 3.32. The summed E-state index contributed by atoms with van der Waals surface area (Å²) >= 11 is 0. The van der Waals surface area contributed by atoms with Gasteiger partial charge in [0.25, 0.3) is 0 Å². The molecule has 0 unspecified atom stereocenters. The average Bonchev–Trinajstić information content (AvgIpc) is 2.65. The van der Waals surface area contributed by atoms with Gasteiger partial charge in [0, 0.05) is 50.2 Å². The number of benzene rings is 2. The summed E-state index contributed by atoms with van der Waals surface area (Å²) < 4.78 is 0. The van der Waals surface area contributed by atoms with Gasteiger partial charge in [-0.3, -0.25) is 4.79 Å². The summed E-state index contributed by atoms with van der Waals surface area (Å²) in [6.07, 6.45) is 0. The van der Waals surface area contributed by atoms with Crippen molar-refractivity contribution >= 4 is 29.0 Å². The molecule has 2 aromatic carbocycles. The van der Waals surface area contributed by atoms with Crippen molar-refractivity contribution in [2.45, 2.75) is 20.8 Å². The molecule has 2 N–H and O–H groups in total. The van der Waals surface area contributed by atoms with Crippen LogP contribution >= 0.6 is 0 Å². The monoisotopic (exact) mass is 366 g/mol. The molecule has 6 nitrogen and oxygen atoms in total. The third-order valence-corrected chi connectivity index (χ3v) is 4.83. The maximum atomic E-state index is 12.6. The Morgan fingerprint density at radius 3 is 2.00 bits per heavy atom. The number of hydrogen-bond donors (Lipinski definition) is 2. The molecular formula is C21H26N4O2. The fraction of sp³-hybridized carbons (Fsp3) is 0.333. The van der Waals surface area contributed by atoms with Crippen molar-refractivity contribution in [3.8, 4) is 0 Å². The maximum absolute atomic E-state index is 12.6. The summed E-state index contributed by atoms with van der Waals surface area (Å²) in [5.74, 6) is -0.0775. The highest BCUT2D eigenvalue weighted by atomic mass is 16.2. The molecule has 3 amide bonds. The predicted molar refractivity (Wildman–Crippen MR) is 109 cm³/mol. The number of carbonyl (C=O) groups is 2. The Balaban J connectivity index is 1.57. The van der Waals surface area contributed by atoms with E-state index in [1.165, 1.54) is 6.92 Å². The van der Waals surface area contributed by atoms with E-state index in [9.17, 15) is 9.59 Å². The van der Waals surface area contributed by atoms with Crippen molar-refractivity contribution in [1.29, 1.82) is 0 Å². The number of hydrogen-bond acceptors (Lipinski definition) is 3. The first kappa shape index (κ1) is 18.8. The van der Waals surface area contributed by atoms with E-state index in [-0.39, 0.29) is 11.9 Å². The van der Waals surface area contributed by atoms with Crippen LogP contribution in [0.3, 0.4) is 0 Å². The number of piperazine rings is 1. The van der Waals surface area contributed by atoms with E-state index in [0.717, 1.165) is 41.3 Å². The number of carbonyl (C=O) groups excluding carboxylic acids is 2. The van der Waals surface area contributed by atoms with Crippen molar-refractivity contribution in [3.05, 3.63) is 53.6 Å². The number of para-hydroxylation sites is 1. The first-order valence-electron chi connectivity index (χ1n) is 9.19. The molecular weight excluding hydrogens is 340 g/mol. The third-order valence-electron chi connectivity index (χ3n) is 4.83. The summed E-state index contributed by atoms with van der Waals surface area (Å²) in [6.45, 7) is 8.40. The van der Waals surface area contributed by atoms with E-state index in [1.807, 2.05) is 61.2 Å². The van der Waals surface area contributed by atoms with Crippen LogP contribution in [-0.4, -0.2) is 43.0 Å². The lowest BCUT2D eigenvalue weighted by atomic mass is 10.1. The highest BCUT2D eigenvalue weighted by molar-refractivity contribution is 5.91. The normalized spacial score (nSPS) is 14.0. The second-order valence-corrected chi connectivity index (χ2v) is 6.90. The Hall–Kier alpha value is -3.02. The molecule has 3 rings (SSSR count). The minimum atomic E-state index is -0.0775. The molecule has 0 spiro atoms. The standard InChI is InChI=1S/C21H26N4O2/c1-15-5-4-6-16(2)20(15)23-21(27)25-13-11-24(12-14-25)19-9-7-18(8-10-19)22-17(3)26/h4-10H,11-14H2,1-3H3,(H,22,26)(H,23,27). The summed E-state index contributed by atoms with van der Waals surface area (Å²) in [4.78, 5) is 27.8. The minimum Gasteiger partial charge on any atom is -0.368 e. The smallest absolute Gasteiger partial charge is 0.321 e. The van der Waals surface area contributed by atoms with Gasteiger partial charge in [0.2, 0.25) is 5.91 Å². The molecule has 6 heteroatoms. The summed E-state index contributed by atoms with van der Waals surface area (Å²) in [6, 6.07) is 13.8. The molecule has 2 aromatic rings. The van der Waals surface area contributed by atoms with Crippen LogP contribution in [0.5, 0.6) is 0 Å². The van der Waals surface area contributed by atoms with E-state index in [0.29, 0.717) is 13.1 Å². The van der Waals surface area contributed by atoms with E-state index in [1.54, 1.807) is 0 Å². The fourth-order valence-electron chi connectivity index (χ4n) is 3.32. The lowest BCUT2D eigenvalue weighted by Gasteiger charge is -2.36. The second kappa shape index (κ2) is 8.12. The Bertz CT molecular complexity index is 804. The molecule has 1 aliphatic heterocycles. The number of urea groups is 1. The molecule has 0 aliphatic carbocycles. The highest BCUT2D eigenvalue weighted by Gasteiger charge is 2.22. The molecule has 1 fully saturated rings. The third kappa shape index (κ3) is 4.58. The van der Waals surface area contributed by atoms with Crippen LogP contribution in [0.1, 0.15) is 18.1 Å². The van der Waals surface area contributed by atoms with Gasteiger partial charge in [-0.1, -0.05) is 18.2 Å². The Morgan fingerprint density at radius 2 is 1.44 bits per heavy atom. The zero-order chi connectivity index (χ0) is 19.4. The van der Waals surface area contributed by atoms with Gasteiger partial charge in [-0.25, -0.2) is 4.79 Å². The Kier molecular flexibility index (Phi) is 5.64. The van der Waals surface area contributed by atoms with Gasteiger partial charge in [0.05, 0.1) is 0 Å². The van der Waals surface area contributed by atoms with Gasteiger partial charge >= 0.3 is 6.03 Å². The van der Waals surface area contributed by atoms with Gasteiger partial charge in [-0.2, -0.15) is 0 Å². The average molecular weight is 366 g/mol. The quantitative estimate of drug-likeness (QED) is 0.872. The van der Waals surface area contributed by atoms with Crippen LogP contribution in [0.25, 0.3) is 0 Å². The molecule has 0 bridgehead atoms. The molecule has 1 aliphatic rings. The van der Waals surface area contributed by atoms with Crippen molar-refractivity contribution in [3.63, 3.8) is 0 Å². The molecule has 1 saturated heterocycles. The van der Waals surface area contributed by atoms with Gasteiger partial charge in [0.1, 0.15) is 0 Å². The lowest BCUT2D eigenvalue weighted by molar-refractivity contribution is -0.114. The van der Waals surface area contributed by atoms with Crippen LogP contribution in [0.2, 0.25) is 0 Å². The summed E-state index contributed by atoms with van der Waals surface area (Å²) in [7, 11) is 0. The SMILES string of the molecule is CC(=O)Nc1ccc(N2CCN(C(=O)Nc3c(C)cccc3C)CC2)cc1. The number of nitrogens with one attached hydrogen (secondary N) is 2. The number of anilines is 3. The Morgan fingerprint density at radius 1 is 0.852 bits per heavy atom. The lowest BCUT2D eigenvalue weighted by Crippen LogP contribution is -2.50. The van der Waals surface area contributed by atoms with Crippen LogP contribution < -0.4 is 15.5 Å². The first-order valence-corrected chi connectivity index (χ1v) is 9.19. The minimum absolute atomic E-state index is 0.0481. The number of amides is 3. The van der Waals surface area contributed by atoms with Crippen molar-refractivity contribution in [2.75, 3.05) is 41.7 Å². The van der Waals surface area contributed by atoms with Gasteiger partial charge in [0.15, 0.2) is 0 Å². The summed E-state index contributed by atoms with van der Waals surface area (Å²) in [5, 5.41) is 5.83. The van der Waals surface area contributed by atoms with Crippen LogP contribution in [0, 0.1) is 13.8 Å². The second-order valence-electron chi connectivity index (χ2n) is 6.90. The number of nitrogens with zero attached hydrogens (tertiary/aromatic N) is 2. The molecule has 0 radical (unpaired) electrons. The van der Waals surface area contributed by atoms with Crippen LogP contribution in [-0.2, 0) is 4.79 Å². The van der Waals surface area contributed by atoms with Gasteiger partial charge < -0.3 is 20.4 Å². The molecule has 0 atom stereocenters. The van der Waals surface area contributed by atoms with Crippen molar-refractivity contribution in [2.24, 2.45) is 0 Å². The highest BCUT2D eigenvalue weighted by Crippen LogP contribution is 2.22. The topological polar surface area (TPSA) is 64.7 Å². The molecule has 0 aromatic heterocycles. The van der Waals surface area contributed by atoms with Crippen LogP contribution in [0.4, 0.5) is 21.9 Å². The first-order chi connectivity index (χ1) is 12.9. The molecule has 1 heterocycles. The van der Waals surface area contributed by atoms with Gasteiger partial charge in [-0.15, -0.1) is 0 Å². The van der Waals surface area contributed by atoms with E-state index in [4.69, 9.17) is 0 Å².